The molecule has 0 aromatic carbocycles. The average Bonchev–Trinajstić information content (AvgIpc) is 2.96. The van der Waals surface area contributed by atoms with Gasteiger partial charge in [-0.25, -0.2) is 9.78 Å². The van der Waals surface area contributed by atoms with Crippen molar-refractivity contribution in [2.45, 2.75) is 30.8 Å². The van der Waals surface area contributed by atoms with E-state index in [0.717, 1.165) is 6.42 Å². The molecule has 2 rings (SSSR count). The molecule has 108 valence electrons. The van der Waals surface area contributed by atoms with Crippen LogP contribution >= 0.6 is 11.8 Å². The van der Waals surface area contributed by atoms with Crippen molar-refractivity contribution in [2.24, 2.45) is 0 Å². The van der Waals surface area contributed by atoms with Crippen molar-refractivity contribution in [1.29, 1.82) is 0 Å². The first-order valence-corrected chi connectivity index (χ1v) is 7.88. The Labute approximate surface area is 122 Å². The van der Waals surface area contributed by atoms with Gasteiger partial charge in [-0.1, -0.05) is 0 Å². The minimum Gasteiger partial charge on any atom is -0.464 e. The van der Waals surface area contributed by atoms with Gasteiger partial charge >= 0.3 is 5.97 Å². The molecule has 5 nitrogen and oxygen atoms in total. The molecule has 0 saturated carbocycles. The standard InChI is InChI=1S/C14H18N2O3S/c1-3-19-14(18)11-7-5-9-16(11)13(17)10-6-4-8-15-12(10)20-2/h4,6,8,11H,3,5,7,9H2,1-2H3. The van der Waals surface area contributed by atoms with Crippen LogP contribution in [0.2, 0.25) is 0 Å². The number of aromatic nitrogens is 1. The van der Waals surface area contributed by atoms with E-state index in [1.54, 1.807) is 30.2 Å². The van der Waals surface area contributed by atoms with Crippen LogP contribution in [-0.4, -0.2) is 47.2 Å². The summed E-state index contributed by atoms with van der Waals surface area (Å²) in [5.41, 5.74) is 0.552. The van der Waals surface area contributed by atoms with Crippen molar-refractivity contribution < 1.29 is 14.3 Å². The number of hydrogen-bond acceptors (Lipinski definition) is 5. The highest BCUT2D eigenvalue weighted by molar-refractivity contribution is 7.98. The first-order chi connectivity index (χ1) is 9.69. The molecule has 0 N–H and O–H groups in total. The molecular formula is C14H18N2O3S. The number of hydrogen-bond donors (Lipinski definition) is 0. The van der Waals surface area contributed by atoms with Crippen LogP contribution in [0.25, 0.3) is 0 Å². The van der Waals surface area contributed by atoms with Gasteiger partial charge in [0, 0.05) is 12.7 Å². The molecule has 1 aromatic rings. The van der Waals surface area contributed by atoms with Gasteiger partial charge in [-0.3, -0.25) is 4.79 Å². The number of carbonyl (C=O) groups is 2. The highest BCUT2D eigenvalue weighted by atomic mass is 32.2. The van der Waals surface area contributed by atoms with E-state index in [4.69, 9.17) is 4.74 Å². The maximum absolute atomic E-state index is 12.6. The van der Waals surface area contributed by atoms with Crippen molar-refractivity contribution in [3.8, 4) is 0 Å². The van der Waals surface area contributed by atoms with Gasteiger partial charge in [-0.15, -0.1) is 11.8 Å². The molecule has 20 heavy (non-hydrogen) atoms. The summed E-state index contributed by atoms with van der Waals surface area (Å²) >= 11 is 1.43. The third-order valence-corrected chi connectivity index (χ3v) is 3.98. The molecule has 1 atom stereocenters. The van der Waals surface area contributed by atoms with E-state index in [2.05, 4.69) is 4.98 Å². The fraction of sp³-hybridized carbons (Fsp3) is 0.500. The molecular weight excluding hydrogens is 276 g/mol. The largest absolute Gasteiger partial charge is 0.464 e. The molecule has 0 radical (unpaired) electrons. The highest BCUT2D eigenvalue weighted by Gasteiger charge is 2.36. The molecule has 1 aromatic heterocycles. The number of ether oxygens (including phenoxy) is 1. The van der Waals surface area contributed by atoms with E-state index < -0.39 is 6.04 Å². The van der Waals surface area contributed by atoms with Crippen LogP contribution in [0.5, 0.6) is 0 Å². The lowest BCUT2D eigenvalue weighted by Gasteiger charge is -2.23. The van der Waals surface area contributed by atoms with Gasteiger partial charge < -0.3 is 9.64 Å². The second-order valence-corrected chi connectivity index (χ2v) is 5.26. The van der Waals surface area contributed by atoms with Gasteiger partial charge in [0.05, 0.1) is 12.2 Å². The number of pyridine rings is 1. The second kappa shape index (κ2) is 6.74. The molecule has 0 bridgehead atoms. The summed E-state index contributed by atoms with van der Waals surface area (Å²) in [6.07, 6.45) is 5.03. The summed E-state index contributed by atoms with van der Waals surface area (Å²) in [5.74, 6) is -0.453. The summed E-state index contributed by atoms with van der Waals surface area (Å²) in [5, 5.41) is 0.687. The van der Waals surface area contributed by atoms with E-state index >= 15 is 0 Å². The molecule has 0 spiro atoms. The molecule has 1 fully saturated rings. The van der Waals surface area contributed by atoms with Gasteiger partial charge in [-0.2, -0.15) is 0 Å². The maximum Gasteiger partial charge on any atom is 0.328 e. The van der Waals surface area contributed by atoms with Crippen LogP contribution in [0.3, 0.4) is 0 Å². The Balaban J connectivity index is 2.21. The summed E-state index contributed by atoms with van der Waals surface area (Å²) in [4.78, 5) is 30.3. The number of esters is 1. The number of carbonyl (C=O) groups excluding carboxylic acids is 2. The van der Waals surface area contributed by atoms with Gasteiger partial charge in [0.25, 0.3) is 5.91 Å². The fourth-order valence-electron chi connectivity index (χ4n) is 2.36. The number of rotatable bonds is 4. The minimum atomic E-state index is -0.461. The average molecular weight is 294 g/mol. The summed E-state index contributed by atoms with van der Waals surface area (Å²) < 4.78 is 5.04. The second-order valence-electron chi connectivity index (χ2n) is 4.47. The molecule has 1 aliphatic heterocycles. The van der Waals surface area contributed by atoms with Crippen molar-refractivity contribution in [3.63, 3.8) is 0 Å². The lowest BCUT2D eigenvalue weighted by atomic mass is 10.2. The number of amides is 1. The highest BCUT2D eigenvalue weighted by Crippen LogP contribution is 2.24. The number of thioether (sulfide) groups is 1. The van der Waals surface area contributed by atoms with Crippen LogP contribution < -0.4 is 0 Å². The van der Waals surface area contributed by atoms with Gasteiger partial charge in [0.1, 0.15) is 11.1 Å². The minimum absolute atomic E-state index is 0.141. The van der Waals surface area contributed by atoms with E-state index in [1.165, 1.54) is 11.8 Å². The Bertz CT molecular complexity index is 507. The zero-order chi connectivity index (χ0) is 14.5. The first-order valence-electron chi connectivity index (χ1n) is 6.65. The fourth-order valence-corrected chi connectivity index (χ4v) is 2.91. The van der Waals surface area contributed by atoms with E-state index in [1.807, 2.05) is 6.26 Å². The third kappa shape index (κ3) is 2.95. The summed E-state index contributed by atoms with van der Waals surface area (Å²) in [7, 11) is 0. The third-order valence-electron chi connectivity index (χ3n) is 3.27. The van der Waals surface area contributed by atoms with Crippen LogP contribution in [0.1, 0.15) is 30.1 Å². The lowest BCUT2D eigenvalue weighted by Crippen LogP contribution is -2.41. The van der Waals surface area contributed by atoms with Crippen molar-refractivity contribution in [3.05, 3.63) is 23.9 Å². The summed E-state index contributed by atoms with van der Waals surface area (Å²) in [6.45, 7) is 2.69. The monoisotopic (exact) mass is 294 g/mol. The van der Waals surface area contributed by atoms with Crippen LogP contribution in [0.15, 0.2) is 23.4 Å². The Morgan fingerprint density at radius 2 is 2.35 bits per heavy atom. The van der Waals surface area contributed by atoms with E-state index in [0.29, 0.717) is 30.2 Å². The predicted octanol–water partition coefficient (Wildman–Crippen LogP) is 1.97. The van der Waals surface area contributed by atoms with E-state index in [9.17, 15) is 9.59 Å². The molecule has 2 heterocycles. The van der Waals surface area contributed by atoms with Gasteiger partial charge in [0.15, 0.2) is 0 Å². The topological polar surface area (TPSA) is 59.5 Å². The van der Waals surface area contributed by atoms with Crippen molar-refractivity contribution in [1.82, 2.24) is 9.88 Å². The van der Waals surface area contributed by atoms with Gasteiger partial charge in [0.2, 0.25) is 0 Å². The molecule has 1 unspecified atom stereocenters. The van der Waals surface area contributed by atoms with Crippen LogP contribution in [-0.2, 0) is 9.53 Å². The van der Waals surface area contributed by atoms with Crippen molar-refractivity contribution >= 4 is 23.6 Å². The van der Waals surface area contributed by atoms with Gasteiger partial charge in [-0.05, 0) is 38.2 Å². The van der Waals surface area contributed by atoms with Crippen LogP contribution in [0, 0.1) is 0 Å². The maximum atomic E-state index is 12.6. The Morgan fingerprint density at radius 1 is 1.55 bits per heavy atom. The Morgan fingerprint density at radius 3 is 3.05 bits per heavy atom. The molecule has 1 aliphatic rings. The molecule has 1 saturated heterocycles. The lowest BCUT2D eigenvalue weighted by molar-refractivity contribution is -0.147. The smallest absolute Gasteiger partial charge is 0.328 e. The normalized spacial score (nSPS) is 18.1. The Kier molecular flexibility index (Phi) is 5.00. The molecule has 6 heteroatoms. The quantitative estimate of drug-likeness (QED) is 0.627. The first kappa shape index (κ1) is 14.8. The van der Waals surface area contributed by atoms with E-state index in [-0.39, 0.29) is 11.9 Å². The number of likely N-dealkylation sites (tertiary alicyclic amines) is 1. The van der Waals surface area contributed by atoms with Crippen LogP contribution in [0.4, 0.5) is 0 Å². The zero-order valence-electron chi connectivity index (χ0n) is 11.7. The number of nitrogens with zero attached hydrogens (tertiary/aromatic N) is 2. The predicted molar refractivity (Wildman–Crippen MR) is 76.7 cm³/mol. The SMILES string of the molecule is CCOC(=O)C1CCCN1C(=O)c1cccnc1SC. The Hall–Kier alpha value is -1.56. The zero-order valence-corrected chi connectivity index (χ0v) is 12.5. The molecule has 0 aliphatic carbocycles. The molecule has 1 amide bonds. The van der Waals surface area contributed by atoms with Crippen molar-refractivity contribution in [2.75, 3.05) is 19.4 Å². The summed E-state index contributed by atoms with van der Waals surface area (Å²) in [6, 6.07) is 3.03.